The van der Waals surface area contributed by atoms with Crippen LogP contribution in [0.4, 0.5) is 0 Å². The molecule has 0 aliphatic carbocycles. The fraction of sp³-hybridized carbons (Fsp3) is 0.444. The van der Waals surface area contributed by atoms with E-state index >= 15 is 0 Å². The van der Waals surface area contributed by atoms with Crippen LogP contribution >= 0.6 is 0 Å². The number of aryl methyl sites for hydroxylation is 1. The summed E-state index contributed by atoms with van der Waals surface area (Å²) in [5, 5.41) is 10.2. The van der Waals surface area contributed by atoms with Gasteiger partial charge in [-0.2, -0.15) is 9.97 Å². The first-order chi connectivity index (χ1) is 11.7. The zero-order valence-electron chi connectivity index (χ0n) is 14.4. The predicted octanol–water partition coefficient (Wildman–Crippen LogP) is 4.11. The summed E-state index contributed by atoms with van der Waals surface area (Å²) < 4.78 is 15.7. The molecule has 130 valence electrons. The Bertz CT molecular complexity index is 639. The Morgan fingerprint density at radius 3 is 2.25 bits per heavy atom. The lowest BCUT2D eigenvalue weighted by Crippen LogP contribution is -1.98. The molecule has 0 radical (unpaired) electrons. The van der Waals surface area contributed by atoms with Crippen LogP contribution in [0.3, 0.4) is 0 Å². The van der Waals surface area contributed by atoms with E-state index in [-0.39, 0.29) is 11.8 Å². The summed E-state index contributed by atoms with van der Waals surface area (Å²) >= 11 is 0. The van der Waals surface area contributed by atoms with Gasteiger partial charge in [0.2, 0.25) is 11.8 Å². The molecule has 2 aromatic rings. The summed E-state index contributed by atoms with van der Waals surface area (Å²) in [6.07, 6.45) is 5.71. The topological polar surface area (TPSA) is 73.7 Å². The largest absolute Gasteiger partial charge is 0.504 e. The molecule has 1 N–H and O–H groups in total. The van der Waals surface area contributed by atoms with Crippen molar-refractivity contribution in [1.82, 2.24) is 9.97 Å². The van der Waals surface area contributed by atoms with Gasteiger partial charge in [-0.15, -0.1) is 0 Å². The molecule has 6 nitrogen and oxygen atoms in total. The third-order valence-electron chi connectivity index (χ3n) is 3.62. The van der Waals surface area contributed by atoms with Crippen LogP contribution in [0.1, 0.15) is 38.2 Å². The molecule has 0 unspecified atom stereocenters. The number of aromatic nitrogens is 2. The molecule has 0 saturated heterocycles. The third-order valence-corrected chi connectivity index (χ3v) is 3.62. The number of aromatic hydroxyl groups is 1. The number of methoxy groups -OCH3 is 2. The molecule has 0 bridgehead atoms. The van der Waals surface area contributed by atoms with E-state index in [1.165, 1.54) is 33.5 Å². The second-order valence-electron chi connectivity index (χ2n) is 5.45. The number of benzene rings is 1. The van der Waals surface area contributed by atoms with E-state index in [1.54, 1.807) is 18.2 Å². The first-order valence-corrected chi connectivity index (χ1v) is 8.13. The van der Waals surface area contributed by atoms with E-state index in [2.05, 4.69) is 16.9 Å². The monoisotopic (exact) mass is 332 g/mol. The highest BCUT2D eigenvalue weighted by Gasteiger charge is 2.11. The van der Waals surface area contributed by atoms with Crippen molar-refractivity contribution in [3.8, 4) is 29.3 Å². The fourth-order valence-electron chi connectivity index (χ4n) is 2.30. The Hall–Kier alpha value is -2.50. The van der Waals surface area contributed by atoms with Crippen LogP contribution in [0.15, 0.2) is 24.3 Å². The van der Waals surface area contributed by atoms with Gasteiger partial charge in [0, 0.05) is 0 Å². The zero-order chi connectivity index (χ0) is 17.4. The SMILES string of the molecule is CCCCCCc1ccc(Oc2nc(OC)cc(OC)n2)c(O)c1. The van der Waals surface area contributed by atoms with E-state index in [1.807, 2.05) is 6.07 Å². The summed E-state index contributed by atoms with van der Waals surface area (Å²) in [4.78, 5) is 8.16. The highest BCUT2D eigenvalue weighted by atomic mass is 16.5. The van der Waals surface area contributed by atoms with Gasteiger partial charge in [-0.3, -0.25) is 0 Å². The molecule has 1 heterocycles. The van der Waals surface area contributed by atoms with Crippen LogP contribution < -0.4 is 14.2 Å². The quantitative estimate of drug-likeness (QED) is 0.697. The summed E-state index contributed by atoms with van der Waals surface area (Å²) in [6, 6.07) is 6.99. The summed E-state index contributed by atoms with van der Waals surface area (Å²) in [7, 11) is 2.99. The van der Waals surface area contributed by atoms with Crippen molar-refractivity contribution in [2.75, 3.05) is 14.2 Å². The minimum atomic E-state index is 0.0530. The molecule has 0 saturated carbocycles. The van der Waals surface area contributed by atoms with Gasteiger partial charge in [-0.05, 0) is 30.5 Å². The molecule has 2 rings (SSSR count). The van der Waals surface area contributed by atoms with Crippen LogP contribution in [-0.4, -0.2) is 29.3 Å². The molecule has 0 amide bonds. The Morgan fingerprint density at radius 2 is 1.67 bits per heavy atom. The number of rotatable bonds is 9. The van der Waals surface area contributed by atoms with Crippen molar-refractivity contribution in [2.24, 2.45) is 0 Å². The van der Waals surface area contributed by atoms with Crippen LogP contribution in [0.5, 0.6) is 29.3 Å². The third kappa shape index (κ3) is 5.01. The molecule has 0 aliphatic rings. The lowest BCUT2D eigenvalue weighted by atomic mass is 10.1. The lowest BCUT2D eigenvalue weighted by Gasteiger charge is -2.10. The fourth-order valence-corrected chi connectivity index (χ4v) is 2.30. The molecular weight excluding hydrogens is 308 g/mol. The van der Waals surface area contributed by atoms with Crippen molar-refractivity contribution >= 4 is 0 Å². The zero-order valence-corrected chi connectivity index (χ0v) is 14.4. The summed E-state index contributed by atoms with van der Waals surface area (Å²) in [5.74, 6) is 1.00. The van der Waals surface area contributed by atoms with E-state index in [4.69, 9.17) is 14.2 Å². The van der Waals surface area contributed by atoms with Crippen LogP contribution in [0.2, 0.25) is 0 Å². The number of hydrogen-bond donors (Lipinski definition) is 1. The molecule has 0 spiro atoms. The Morgan fingerprint density at radius 1 is 0.958 bits per heavy atom. The Labute approximate surface area is 142 Å². The molecule has 6 heteroatoms. The predicted molar refractivity (Wildman–Crippen MR) is 91.2 cm³/mol. The van der Waals surface area contributed by atoms with Crippen LogP contribution in [0.25, 0.3) is 0 Å². The maximum Gasteiger partial charge on any atom is 0.328 e. The minimum Gasteiger partial charge on any atom is -0.504 e. The number of phenolic OH excluding ortho intramolecular Hbond substituents is 1. The highest BCUT2D eigenvalue weighted by Crippen LogP contribution is 2.32. The highest BCUT2D eigenvalue weighted by molar-refractivity contribution is 5.43. The standard InChI is InChI=1S/C18H24N2O4/c1-4-5-6-7-8-13-9-10-15(14(21)11-13)24-18-19-16(22-2)12-17(20-18)23-3/h9-12,21H,4-8H2,1-3H3. The van der Waals surface area contributed by atoms with Crippen molar-refractivity contribution in [3.63, 3.8) is 0 Å². The average Bonchev–Trinajstić information content (AvgIpc) is 2.60. The van der Waals surface area contributed by atoms with Gasteiger partial charge in [-0.25, -0.2) is 0 Å². The number of ether oxygens (including phenoxy) is 3. The van der Waals surface area contributed by atoms with Gasteiger partial charge in [0.15, 0.2) is 11.5 Å². The Balaban J connectivity index is 2.07. The van der Waals surface area contributed by atoms with Gasteiger partial charge in [0.1, 0.15) is 0 Å². The van der Waals surface area contributed by atoms with Gasteiger partial charge in [0.25, 0.3) is 0 Å². The normalized spacial score (nSPS) is 10.5. The van der Waals surface area contributed by atoms with E-state index in [9.17, 15) is 5.11 Å². The molecule has 0 aliphatic heterocycles. The molecule has 0 fully saturated rings. The number of hydrogen-bond acceptors (Lipinski definition) is 6. The van der Waals surface area contributed by atoms with E-state index < -0.39 is 0 Å². The van der Waals surface area contributed by atoms with Crippen LogP contribution in [-0.2, 0) is 6.42 Å². The first kappa shape index (κ1) is 17.8. The van der Waals surface area contributed by atoms with E-state index in [0.29, 0.717) is 17.5 Å². The van der Waals surface area contributed by atoms with Gasteiger partial charge in [-0.1, -0.05) is 32.3 Å². The second kappa shape index (κ2) is 8.96. The van der Waals surface area contributed by atoms with Crippen molar-refractivity contribution in [2.45, 2.75) is 39.0 Å². The number of unbranched alkanes of at least 4 members (excludes halogenated alkanes) is 3. The van der Waals surface area contributed by atoms with Crippen molar-refractivity contribution < 1.29 is 19.3 Å². The minimum absolute atomic E-state index is 0.0530. The molecule has 1 aromatic carbocycles. The van der Waals surface area contributed by atoms with Gasteiger partial charge < -0.3 is 19.3 Å². The molecular formula is C18H24N2O4. The van der Waals surface area contributed by atoms with Crippen LogP contribution in [0, 0.1) is 0 Å². The van der Waals surface area contributed by atoms with Crippen molar-refractivity contribution in [3.05, 3.63) is 29.8 Å². The Kier molecular flexibility index (Phi) is 6.66. The average molecular weight is 332 g/mol. The number of nitrogens with zero attached hydrogens (tertiary/aromatic N) is 2. The molecule has 1 aromatic heterocycles. The number of phenols is 1. The maximum absolute atomic E-state index is 10.2. The van der Waals surface area contributed by atoms with Gasteiger partial charge in [0.05, 0.1) is 20.3 Å². The maximum atomic E-state index is 10.2. The van der Waals surface area contributed by atoms with E-state index in [0.717, 1.165) is 18.4 Å². The summed E-state index contributed by atoms with van der Waals surface area (Å²) in [6.45, 7) is 2.19. The lowest BCUT2D eigenvalue weighted by molar-refractivity contribution is 0.341. The molecule has 0 atom stereocenters. The van der Waals surface area contributed by atoms with Gasteiger partial charge >= 0.3 is 6.01 Å². The molecule has 24 heavy (non-hydrogen) atoms. The second-order valence-corrected chi connectivity index (χ2v) is 5.45. The summed E-state index contributed by atoms with van der Waals surface area (Å²) in [5.41, 5.74) is 1.08. The van der Waals surface area contributed by atoms with Crippen molar-refractivity contribution in [1.29, 1.82) is 0 Å². The smallest absolute Gasteiger partial charge is 0.328 e. The first-order valence-electron chi connectivity index (χ1n) is 8.13.